The minimum absolute atomic E-state index is 0.0326. The van der Waals surface area contributed by atoms with Crippen molar-refractivity contribution in [2.45, 2.75) is 0 Å². The number of benzene rings is 2. The summed E-state index contributed by atoms with van der Waals surface area (Å²) in [6.07, 6.45) is 0. The van der Waals surface area contributed by atoms with Crippen LogP contribution >= 0.6 is 11.6 Å². The molecule has 0 unspecified atom stereocenters. The van der Waals surface area contributed by atoms with E-state index in [1.54, 1.807) is 0 Å². The van der Waals surface area contributed by atoms with E-state index in [4.69, 9.17) is 17.3 Å². The Morgan fingerprint density at radius 1 is 1.10 bits per heavy atom. The first-order chi connectivity index (χ1) is 9.40. The van der Waals surface area contributed by atoms with Gasteiger partial charge in [0.15, 0.2) is 0 Å². The first-order valence-corrected chi connectivity index (χ1v) is 5.78. The summed E-state index contributed by atoms with van der Waals surface area (Å²) in [6, 6.07) is 5.32. The maximum atomic E-state index is 13.5. The van der Waals surface area contributed by atoms with Crippen molar-refractivity contribution in [3.63, 3.8) is 0 Å². The normalized spacial score (nSPS) is 10.4. The van der Waals surface area contributed by atoms with Gasteiger partial charge in [-0.25, -0.2) is 13.2 Å². The fraction of sp³-hybridized carbons (Fsp3) is 0. The van der Waals surface area contributed by atoms with Gasteiger partial charge in [-0.3, -0.25) is 4.79 Å². The van der Waals surface area contributed by atoms with Crippen molar-refractivity contribution in [2.24, 2.45) is 0 Å². The lowest BCUT2D eigenvalue weighted by molar-refractivity contribution is 0.102. The second kappa shape index (κ2) is 5.42. The van der Waals surface area contributed by atoms with Crippen LogP contribution in [0.5, 0.6) is 0 Å². The number of carbonyl (C=O) groups excluding carboxylic acids is 1. The summed E-state index contributed by atoms with van der Waals surface area (Å²) in [5, 5.41) is 2.12. The molecule has 0 saturated heterocycles. The SMILES string of the molecule is Nc1c(F)cc(C(=O)Nc2c(F)cccc2Cl)cc1F. The van der Waals surface area contributed by atoms with E-state index in [0.29, 0.717) is 0 Å². The van der Waals surface area contributed by atoms with Gasteiger partial charge in [0.05, 0.1) is 10.7 Å². The third kappa shape index (κ3) is 2.70. The number of para-hydroxylation sites is 1. The summed E-state index contributed by atoms with van der Waals surface area (Å²) in [6.45, 7) is 0. The number of rotatable bonds is 2. The van der Waals surface area contributed by atoms with E-state index in [-0.39, 0.29) is 16.3 Å². The van der Waals surface area contributed by atoms with Gasteiger partial charge in [0.2, 0.25) is 0 Å². The van der Waals surface area contributed by atoms with Gasteiger partial charge in [0, 0.05) is 5.56 Å². The van der Waals surface area contributed by atoms with Crippen LogP contribution in [0.3, 0.4) is 0 Å². The molecule has 0 saturated carbocycles. The molecule has 20 heavy (non-hydrogen) atoms. The minimum atomic E-state index is -1.07. The van der Waals surface area contributed by atoms with Gasteiger partial charge in [-0.2, -0.15) is 0 Å². The molecule has 0 spiro atoms. The van der Waals surface area contributed by atoms with Crippen molar-refractivity contribution in [3.8, 4) is 0 Å². The average molecular weight is 301 g/mol. The second-order valence-electron chi connectivity index (χ2n) is 3.90. The zero-order valence-electron chi connectivity index (χ0n) is 9.88. The third-order valence-electron chi connectivity index (χ3n) is 2.54. The quantitative estimate of drug-likeness (QED) is 0.833. The van der Waals surface area contributed by atoms with Gasteiger partial charge in [-0.05, 0) is 24.3 Å². The summed E-state index contributed by atoms with van der Waals surface area (Å²) < 4.78 is 40.0. The predicted molar refractivity (Wildman–Crippen MR) is 70.1 cm³/mol. The molecular weight excluding hydrogens is 293 g/mol. The van der Waals surface area contributed by atoms with Crippen LogP contribution in [0.15, 0.2) is 30.3 Å². The van der Waals surface area contributed by atoms with Gasteiger partial charge in [-0.1, -0.05) is 17.7 Å². The standard InChI is InChI=1S/C13H8ClF3N2O/c14-7-2-1-3-8(15)12(7)19-13(20)6-4-9(16)11(18)10(17)5-6/h1-5H,18H2,(H,19,20). The summed E-state index contributed by atoms with van der Waals surface area (Å²) in [4.78, 5) is 11.8. The number of nitrogen functional groups attached to an aromatic ring is 1. The maximum absolute atomic E-state index is 13.5. The van der Waals surface area contributed by atoms with E-state index in [1.165, 1.54) is 12.1 Å². The highest BCUT2D eigenvalue weighted by Crippen LogP contribution is 2.25. The van der Waals surface area contributed by atoms with E-state index in [0.717, 1.165) is 18.2 Å². The van der Waals surface area contributed by atoms with Gasteiger partial charge in [0.25, 0.3) is 5.91 Å². The number of hydrogen-bond donors (Lipinski definition) is 2. The van der Waals surface area contributed by atoms with Gasteiger partial charge in [-0.15, -0.1) is 0 Å². The van der Waals surface area contributed by atoms with Crippen LogP contribution in [0.25, 0.3) is 0 Å². The largest absolute Gasteiger partial charge is 0.394 e. The monoisotopic (exact) mass is 300 g/mol. The lowest BCUT2D eigenvalue weighted by atomic mass is 10.1. The Balaban J connectivity index is 2.34. The number of halogens is 4. The highest BCUT2D eigenvalue weighted by atomic mass is 35.5. The summed E-state index contributed by atoms with van der Waals surface area (Å²) >= 11 is 5.73. The van der Waals surface area contributed by atoms with Crippen molar-refractivity contribution in [1.29, 1.82) is 0 Å². The van der Waals surface area contributed by atoms with Gasteiger partial charge >= 0.3 is 0 Å². The molecule has 104 valence electrons. The Morgan fingerprint density at radius 2 is 1.70 bits per heavy atom. The van der Waals surface area contributed by atoms with Crippen LogP contribution in [-0.2, 0) is 0 Å². The van der Waals surface area contributed by atoms with Crippen molar-refractivity contribution < 1.29 is 18.0 Å². The van der Waals surface area contributed by atoms with Crippen molar-refractivity contribution in [1.82, 2.24) is 0 Å². The molecule has 3 nitrogen and oxygen atoms in total. The Morgan fingerprint density at radius 3 is 2.25 bits per heavy atom. The molecule has 0 aliphatic carbocycles. The molecule has 0 aromatic heterocycles. The third-order valence-corrected chi connectivity index (χ3v) is 2.86. The highest BCUT2D eigenvalue weighted by molar-refractivity contribution is 6.34. The Labute approximate surface area is 117 Å². The maximum Gasteiger partial charge on any atom is 0.255 e. The Hall–Kier alpha value is -2.21. The van der Waals surface area contributed by atoms with Crippen LogP contribution in [-0.4, -0.2) is 5.91 Å². The number of nitrogens with one attached hydrogen (secondary N) is 1. The fourth-order valence-corrected chi connectivity index (χ4v) is 1.73. The molecule has 7 heteroatoms. The predicted octanol–water partition coefficient (Wildman–Crippen LogP) is 3.59. The minimum Gasteiger partial charge on any atom is -0.394 e. The van der Waals surface area contributed by atoms with Crippen LogP contribution in [0, 0.1) is 17.5 Å². The number of carbonyl (C=O) groups is 1. The molecule has 0 aliphatic rings. The van der Waals surface area contributed by atoms with Gasteiger partial charge in [0.1, 0.15) is 23.1 Å². The summed E-state index contributed by atoms with van der Waals surface area (Å²) in [7, 11) is 0. The van der Waals surface area contributed by atoms with Gasteiger partial charge < -0.3 is 11.1 Å². The number of nitrogens with two attached hydrogens (primary N) is 1. The molecule has 0 radical (unpaired) electrons. The molecule has 0 fully saturated rings. The highest BCUT2D eigenvalue weighted by Gasteiger charge is 2.16. The van der Waals surface area contributed by atoms with E-state index < -0.39 is 29.0 Å². The number of amides is 1. The Bertz CT molecular complexity index is 648. The van der Waals surface area contributed by atoms with E-state index in [2.05, 4.69) is 5.32 Å². The number of anilines is 2. The molecule has 2 aromatic carbocycles. The van der Waals surface area contributed by atoms with Crippen LogP contribution in [0.1, 0.15) is 10.4 Å². The van der Waals surface area contributed by atoms with E-state index >= 15 is 0 Å². The molecular formula is C13H8ClF3N2O. The molecule has 0 bridgehead atoms. The molecule has 0 aliphatic heterocycles. The topological polar surface area (TPSA) is 55.1 Å². The van der Waals surface area contributed by atoms with Crippen LogP contribution in [0.2, 0.25) is 5.02 Å². The molecule has 3 N–H and O–H groups in total. The summed E-state index contributed by atoms with van der Waals surface area (Å²) in [5.74, 6) is -3.82. The molecule has 1 amide bonds. The zero-order valence-corrected chi connectivity index (χ0v) is 10.6. The zero-order chi connectivity index (χ0) is 14.9. The van der Waals surface area contributed by atoms with Crippen LogP contribution in [0.4, 0.5) is 24.5 Å². The Kier molecular flexibility index (Phi) is 3.85. The lowest BCUT2D eigenvalue weighted by Crippen LogP contribution is -2.14. The van der Waals surface area contributed by atoms with Crippen molar-refractivity contribution >= 4 is 28.9 Å². The molecule has 0 heterocycles. The summed E-state index contributed by atoms with van der Waals surface area (Å²) in [5.41, 5.74) is 3.79. The molecule has 2 aromatic rings. The first-order valence-electron chi connectivity index (χ1n) is 5.40. The molecule has 0 atom stereocenters. The van der Waals surface area contributed by atoms with Crippen molar-refractivity contribution in [3.05, 3.63) is 58.4 Å². The second-order valence-corrected chi connectivity index (χ2v) is 4.31. The average Bonchev–Trinajstić information content (AvgIpc) is 2.39. The van der Waals surface area contributed by atoms with Crippen LogP contribution < -0.4 is 11.1 Å². The molecule has 2 rings (SSSR count). The fourth-order valence-electron chi connectivity index (χ4n) is 1.52. The van der Waals surface area contributed by atoms with E-state index in [1.807, 2.05) is 0 Å². The smallest absolute Gasteiger partial charge is 0.255 e. The lowest BCUT2D eigenvalue weighted by Gasteiger charge is -2.09. The number of hydrogen-bond acceptors (Lipinski definition) is 2. The van der Waals surface area contributed by atoms with E-state index in [9.17, 15) is 18.0 Å². The first kappa shape index (κ1) is 14.2. The van der Waals surface area contributed by atoms with Crippen molar-refractivity contribution in [2.75, 3.05) is 11.1 Å².